The van der Waals surface area contributed by atoms with E-state index in [4.69, 9.17) is 9.53 Å². The first kappa shape index (κ1) is 27.0. The molecule has 4 rings (SSSR count). The van der Waals surface area contributed by atoms with Crippen molar-refractivity contribution >= 4 is 24.1 Å². The van der Waals surface area contributed by atoms with Crippen LogP contribution in [0.15, 0.2) is 76.9 Å². The highest BCUT2D eigenvalue weighted by atomic mass is 19.1. The van der Waals surface area contributed by atoms with Gasteiger partial charge in [-0.1, -0.05) is 6.58 Å². The standard InChI is InChI=1S/C24H30FN5O2.C3H4O/c1-26-24(28-27-2)23-20(15-31)19(16-12-29(3)13-16)14-30(23)17-8-10-18(11-9-17)32-22-7-5-4-6-21(22)25;1-2-3-4/h6-11,15-16,19,27H,4-5,12-14H2,1-3H3,(H,26,28);2-3H,1H2. The van der Waals surface area contributed by atoms with Crippen LogP contribution in [0, 0.1) is 11.8 Å². The van der Waals surface area contributed by atoms with Gasteiger partial charge in [0.15, 0.2) is 17.4 Å². The Bertz CT molecular complexity index is 1070. The maximum Gasteiger partial charge on any atom is 0.161 e. The Labute approximate surface area is 211 Å². The van der Waals surface area contributed by atoms with Crippen molar-refractivity contribution in [2.45, 2.75) is 12.8 Å². The van der Waals surface area contributed by atoms with E-state index in [-0.39, 0.29) is 17.5 Å². The molecule has 192 valence electrons. The van der Waals surface area contributed by atoms with Crippen LogP contribution in [0.25, 0.3) is 0 Å². The van der Waals surface area contributed by atoms with Gasteiger partial charge in [0.05, 0.1) is 5.70 Å². The first-order chi connectivity index (χ1) is 17.5. The summed E-state index contributed by atoms with van der Waals surface area (Å²) in [5.41, 5.74) is 8.46. The molecule has 0 amide bonds. The zero-order valence-corrected chi connectivity index (χ0v) is 21.0. The molecular formula is C27H34FN5O3. The summed E-state index contributed by atoms with van der Waals surface area (Å²) in [6, 6.07) is 7.53. The smallest absolute Gasteiger partial charge is 0.161 e. The lowest BCUT2D eigenvalue weighted by atomic mass is 9.82. The minimum Gasteiger partial charge on any atom is -0.455 e. The molecule has 1 aliphatic carbocycles. The molecular weight excluding hydrogens is 461 g/mol. The van der Waals surface area contributed by atoms with Crippen LogP contribution in [0.2, 0.25) is 0 Å². The topological polar surface area (TPSA) is 86.3 Å². The van der Waals surface area contributed by atoms with Crippen LogP contribution >= 0.6 is 0 Å². The second-order valence-corrected chi connectivity index (χ2v) is 8.73. The molecule has 1 fully saturated rings. The minimum atomic E-state index is -0.323. The molecule has 2 heterocycles. The van der Waals surface area contributed by atoms with Crippen molar-refractivity contribution in [3.05, 3.63) is 71.9 Å². The van der Waals surface area contributed by atoms with Gasteiger partial charge in [0, 0.05) is 50.9 Å². The van der Waals surface area contributed by atoms with E-state index >= 15 is 0 Å². The number of allylic oxidation sites excluding steroid dienone is 4. The van der Waals surface area contributed by atoms with Crippen molar-refractivity contribution in [1.29, 1.82) is 0 Å². The Kier molecular flexibility index (Phi) is 9.72. The molecule has 1 aromatic carbocycles. The van der Waals surface area contributed by atoms with Crippen molar-refractivity contribution in [2.24, 2.45) is 16.8 Å². The number of nitrogens with zero attached hydrogens (tertiary/aromatic N) is 3. The van der Waals surface area contributed by atoms with Gasteiger partial charge >= 0.3 is 0 Å². The summed E-state index contributed by atoms with van der Waals surface area (Å²) >= 11 is 0. The number of rotatable bonds is 8. The second-order valence-electron chi connectivity index (χ2n) is 8.73. The molecule has 8 nitrogen and oxygen atoms in total. The third-order valence-corrected chi connectivity index (χ3v) is 6.33. The molecule has 0 aromatic heterocycles. The van der Waals surface area contributed by atoms with E-state index in [2.05, 4.69) is 39.3 Å². The van der Waals surface area contributed by atoms with Crippen LogP contribution in [0.5, 0.6) is 5.75 Å². The Morgan fingerprint density at radius 1 is 1.17 bits per heavy atom. The Morgan fingerprint density at radius 2 is 1.83 bits per heavy atom. The molecule has 0 bridgehead atoms. The molecule has 1 unspecified atom stereocenters. The number of hydrazine groups is 1. The number of halogens is 1. The molecule has 9 heteroatoms. The maximum absolute atomic E-state index is 14.0. The van der Waals surface area contributed by atoms with Gasteiger partial charge in [0.1, 0.15) is 18.3 Å². The largest absolute Gasteiger partial charge is 0.455 e. The maximum atomic E-state index is 14.0. The monoisotopic (exact) mass is 495 g/mol. The van der Waals surface area contributed by atoms with Crippen LogP contribution in [-0.2, 0) is 9.59 Å². The van der Waals surface area contributed by atoms with E-state index in [1.54, 1.807) is 26.2 Å². The summed E-state index contributed by atoms with van der Waals surface area (Å²) in [4.78, 5) is 30.0. The van der Waals surface area contributed by atoms with Crippen molar-refractivity contribution in [3.63, 3.8) is 0 Å². The van der Waals surface area contributed by atoms with Gasteiger partial charge in [-0.15, -0.1) is 0 Å². The molecule has 2 N–H and O–H groups in total. The van der Waals surface area contributed by atoms with Crippen LogP contribution < -0.4 is 20.5 Å². The zero-order valence-electron chi connectivity index (χ0n) is 21.0. The van der Waals surface area contributed by atoms with Crippen LogP contribution in [0.1, 0.15) is 12.8 Å². The van der Waals surface area contributed by atoms with Crippen LogP contribution in [0.3, 0.4) is 0 Å². The molecule has 1 aromatic rings. The zero-order chi connectivity index (χ0) is 26.1. The number of benzene rings is 1. The molecule has 1 saturated heterocycles. The van der Waals surface area contributed by atoms with Gasteiger partial charge in [-0.2, -0.15) is 0 Å². The highest BCUT2D eigenvalue weighted by molar-refractivity contribution is 6.06. The summed E-state index contributed by atoms with van der Waals surface area (Å²) < 4.78 is 19.7. The number of amidine groups is 1. The number of aldehydes is 2. The molecule has 0 radical (unpaired) electrons. The predicted molar refractivity (Wildman–Crippen MR) is 140 cm³/mol. The summed E-state index contributed by atoms with van der Waals surface area (Å²) in [7, 11) is 5.56. The second kappa shape index (κ2) is 12.9. The number of anilines is 1. The fourth-order valence-corrected chi connectivity index (χ4v) is 4.64. The van der Waals surface area contributed by atoms with Gasteiger partial charge in [0.25, 0.3) is 0 Å². The number of ether oxygens (including phenoxy) is 1. The number of carbonyl (C=O) groups excluding carboxylic acids is 2. The van der Waals surface area contributed by atoms with Crippen molar-refractivity contribution in [3.8, 4) is 5.75 Å². The quantitative estimate of drug-likeness (QED) is 0.188. The first-order valence-electron chi connectivity index (χ1n) is 11.9. The summed E-state index contributed by atoms with van der Waals surface area (Å²) in [5, 5.41) is 0. The number of hydrogen-bond acceptors (Lipinski definition) is 7. The molecule has 0 spiro atoms. The Balaban J connectivity index is 0.000000840. The number of hydrogen-bond donors (Lipinski definition) is 2. The van der Waals surface area contributed by atoms with E-state index in [0.717, 1.165) is 42.8 Å². The normalized spacial score (nSPS) is 20.5. The Morgan fingerprint density at radius 3 is 2.36 bits per heavy atom. The van der Waals surface area contributed by atoms with Crippen LogP contribution in [-0.4, -0.2) is 64.1 Å². The molecule has 0 saturated carbocycles. The van der Waals surface area contributed by atoms with E-state index < -0.39 is 0 Å². The third-order valence-electron chi connectivity index (χ3n) is 6.33. The highest BCUT2D eigenvalue weighted by Crippen LogP contribution is 2.39. The number of likely N-dealkylation sites (tertiary alicyclic amines) is 1. The van der Waals surface area contributed by atoms with Crippen LogP contribution in [0.4, 0.5) is 10.1 Å². The Hall–Kier alpha value is -3.56. The molecule has 36 heavy (non-hydrogen) atoms. The third kappa shape index (κ3) is 6.16. The molecule has 2 aliphatic heterocycles. The fraction of sp³-hybridized carbons (Fsp3) is 0.370. The number of aliphatic imine (C=N–C) groups is 1. The highest BCUT2D eigenvalue weighted by Gasteiger charge is 2.42. The van der Waals surface area contributed by atoms with E-state index in [1.165, 1.54) is 6.08 Å². The molecule has 1 atom stereocenters. The van der Waals surface area contributed by atoms with Gasteiger partial charge < -0.3 is 20.0 Å². The summed E-state index contributed by atoms with van der Waals surface area (Å²) in [6.45, 7) is 5.76. The SMILES string of the molecule is C=CC=O.CN=C(NNC)C1=C(C=O)C(C2CN(C)C2)CN1c1ccc(OC2=CCCC=C2F)cc1. The number of carbonyl (C=O) groups is 2. The average Bonchev–Trinajstić information content (AvgIpc) is 3.26. The first-order valence-corrected chi connectivity index (χ1v) is 11.9. The lowest BCUT2D eigenvalue weighted by molar-refractivity contribution is -0.105. The van der Waals surface area contributed by atoms with Crippen molar-refractivity contribution < 1.29 is 18.7 Å². The van der Waals surface area contributed by atoms with E-state index in [1.807, 2.05) is 24.3 Å². The lowest BCUT2D eigenvalue weighted by Gasteiger charge is -2.40. The minimum absolute atomic E-state index is 0.136. The van der Waals surface area contributed by atoms with E-state index in [9.17, 15) is 9.18 Å². The molecule has 3 aliphatic rings. The van der Waals surface area contributed by atoms with Crippen molar-refractivity contribution in [1.82, 2.24) is 15.8 Å². The lowest BCUT2D eigenvalue weighted by Crippen LogP contribution is -2.48. The average molecular weight is 496 g/mol. The number of nitrogens with one attached hydrogen (secondary N) is 2. The van der Waals surface area contributed by atoms with Gasteiger partial charge in [-0.25, -0.2) is 9.82 Å². The van der Waals surface area contributed by atoms with Gasteiger partial charge in [0.2, 0.25) is 0 Å². The van der Waals surface area contributed by atoms with E-state index in [0.29, 0.717) is 36.8 Å². The fourth-order valence-electron chi connectivity index (χ4n) is 4.64. The summed E-state index contributed by atoms with van der Waals surface area (Å²) in [6.07, 6.45) is 7.59. The van der Waals surface area contributed by atoms with Gasteiger partial charge in [-0.05, 0) is 68.3 Å². The predicted octanol–water partition coefficient (Wildman–Crippen LogP) is 3.17. The van der Waals surface area contributed by atoms with Crippen molar-refractivity contribution in [2.75, 3.05) is 45.7 Å². The summed E-state index contributed by atoms with van der Waals surface area (Å²) in [5.74, 6) is 1.70. The van der Waals surface area contributed by atoms with Gasteiger partial charge in [-0.3, -0.25) is 14.6 Å².